The highest BCUT2D eigenvalue weighted by atomic mass is 16.5. The number of ether oxygens (including phenoxy) is 2. The number of para-hydroxylation sites is 1. The van der Waals surface area contributed by atoms with Gasteiger partial charge in [-0.25, -0.2) is 0 Å². The first-order chi connectivity index (χ1) is 12.2. The van der Waals surface area contributed by atoms with Gasteiger partial charge in [-0.1, -0.05) is 42.5 Å². The van der Waals surface area contributed by atoms with E-state index in [1.165, 1.54) is 0 Å². The third kappa shape index (κ3) is 4.18. The molecule has 1 aliphatic rings. The van der Waals surface area contributed by atoms with Crippen LogP contribution in [0.2, 0.25) is 0 Å². The van der Waals surface area contributed by atoms with Crippen LogP contribution in [0.1, 0.15) is 22.8 Å². The number of carbonyl (C=O) groups is 1. The van der Waals surface area contributed by atoms with Crippen molar-refractivity contribution in [3.8, 4) is 5.75 Å². The minimum absolute atomic E-state index is 0.148. The van der Waals surface area contributed by atoms with Crippen molar-refractivity contribution in [1.29, 1.82) is 0 Å². The van der Waals surface area contributed by atoms with Gasteiger partial charge in [0.2, 0.25) is 0 Å². The second kappa shape index (κ2) is 8.14. The van der Waals surface area contributed by atoms with Gasteiger partial charge in [-0.15, -0.1) is 0 Å². The van der Waals surface area contributed by atoms with Crippen molar-refractivity contribution in [3.63, 3.8) is 0 Å². The summed E-state index contributed by atoms with van der Waals surface area (Å²) in [6, 6.07) is 17.0. The molecular weight excluding hydrogens is 318 g/mol. The number of nitrogens with zero attached hydrogens (tertiary/aromatic N) is 1. The summed E-state index contributed by atoms with van der Waals surface area (Å²) >= 11 is 0. The lowest BCUT2D eigenvalue weighted by Crippen LogP contribution is -2.30. The molecule has 3 rings (SSSR count). The lowest BCUT2D eigenvalue weighted by molar-refractivity contribution is -0.00237. The lowest BCUT2D eigenvalue weighted by Gasteiger charge is -2.18. The number of carbonyl (C=O) groups excluding carboxylic acids is 1. The molecule has 0 bridgehead atoms. The molecule has 25 heavy (non-hydrogen) atoms. The van der Waals surface area contributed by atoms with E-state index >= 15 is 0 Å². The molecule has 1 aliphatic heterocycles. The van der Waals surface area contributed by atoms with Crippen molar-refractivity contribution in [1.82, 2.24) is 4.90 Å². The molecule has 1 N–H and O–H groups in total. The van der Waals surface area contributed by atoms with E-state index in [0.717, 1.165) is 5.56 Å². The van der Waals surface area contributed by atoms with E-state index < -0.39 is 6.10 Å². The van der Waals surface area contributed by atoms with Crippen LogP contribution in [-0.4, -0.2) is 47.8 Å². The lowest BCUT2D eigenvalue weighted by atomic mass is 10.1. The van der Waals surface area contributed by atoms with E-state index in [9.17, 15) is 9.90 Å². The van der Waals surface area contributed by atoms with Crippen molar-refractivity contribution in [2.24, 2.45) is 0 Å². The molecular formula is C20H23NO4. The highest BCUT2D eigenvalue weighted by Crippen LogP contribution is 2.24. The molecule has 0 unspecified atom stereocenters. The molecule has 1 amide bonds. The zero-order valence-corrected chi connectivity index (χ0v) is 14.3. The molecule has 5 heteroatoms. The van der Waals surface area contributed by atoms with Gasteiger partial charge < -0.3 is 19.5 Å². The Hall–Kier alpha value is -2.37. The van der Waals surface area contributed by atoms with Crippen LogP contribution >= 0.6 is 0 Å². The fourth-order valence-electron chi connectivity index (χ4n) is 2.98. The fraction of sp³-hybridized carbons (Fsp3) is 0.350. The van der Waals surface area contributed by atoms with E-state index in [2.05, 4.69) is 0 Å². The zero-order chi connectivity index (χ0) is 17.6. The summed E-state index contributed by atoms with van der Waals surface area (Å²) in [5.74, 6) is 0.399. The number of amides is 1. The largest absolute Gasteiger partial charge is 0.488 e. The quantitative estimate of drug-likeness (QED) is 0.877. The van der Waals surface area contributed by atoms with Crippen LogP contribution in [0.5, 0.6) is 5.75 Å². The molecule has 2 atom stereocenters. The summed E-state index contributed by atoms with van der Waals surface area (Å²) < 4.78 is 11.4. The van der Waals surface area contributed by atoms with Crippen molar-refractivity contribution in [2.75, 3.05) is 19.7 Å². The third-order valence-electron chi connectivity index (χ3n) is 4.26. The molecule has 132 valence electrons. The second-order valence-electron chi connectivity index (χ2n) is 6.04. The number of β-amino-alcohol motifs (C(OH)–C–C–N with tert-alkyl or cyclic N) is 1. The normalized spacial score (nSPS) is 19.8. The highest BCUT2D eigenvalue weighted by molar-refractivity contribution is 5.97. The van der Waals surface area contributed by atoms with Gasteiger partial charge in [-0.05, 0) is 24.6 Å². The monoisotopic (exact) mass is 341 g/mol. The number of rotatable bonds is 6. The topological polar surface area (TPSA) is 59.0 Å². The summed E-state index contributed by atoms with van der Waals surface area (Å²) in [6.07, 6.45) is -0.979. The molecule has 1 heterocycles. The van der Waals surface area contributed by atoms with Gasteiger partial charge in [0, 0.05) is 19.7 Å². The van der Waals surface area contributed by atoms with E-state index in [1.54, 1.807) is 17.0 Å². The van der Waals surface area contributed by atoms with Crippen LogP contribution in [0.3, 0.4) is 0 Å². The Balaban J connectivity index is 1.71. The van der Waals surface area contributed by atoms with Gasteiger partial charge >= 0.3 is 0 Å². The molecule has 0 aliphatic carbocycles. The zero-order valence-electron chi connectivity index (χ0n) is 14.3. The van der Waals surface area contributed by atoms with Crippen LogP contribution in [0.25, 0.3) is 0 Å². The van der Waals surface area contributed by atoms with E-state index in [-0.39, 0.29) is 18.6 Å². The Morgan fingerprint density at radius 3 is 2.60 bits per heavy atom. The Bertz CT molecular complexity index is 704. The predicted octanol–water partition coefficient (Wildman–Crippen LogP) is 2.49. The van der Waals surface area contributed by atoms with Crippen molar-refractivity contribution in [3.05, 3.63) is 65.7 Å². The molecule has 0 saturated carbocycles. The number of likely N-dealkylation sites (tertiary alicyclic amines) is 1. The van der Waals surface area contributed by atoms with Gasteiger partial charge in [-0.3, -0.25) is 4.79 Å². The van der Waals surface area contributed by atoms with Gasteiger partial charge in [0.1, 0.15) is 18.5 Å². The first-order valence-electron chi connectivity index (χ1n) is 8.53. The second-order valence-corrected chi connectivity index (χ2v) is 6.04. The van der Waals surface area contributed by atoms with Gasteiger partial charge in [0.05, 0.1) is 11.7 Å². The van der Waals surface area contributed by atoms with Crippen LogP contribution in [0.4, 0.5) is 0 Å². The molecule has 0 radical (unpaired) electrons. The minimum Gasteiger partial charge on any atom is -0.488 e. The Labute approximate surface area is 147 Å². The Morgan fingerprint density at radius 1 is 1.12 bits per heavy atom. The van der Waals surface area contributed by atoms with Crippen molar-refractivity contribution in [2.45, 2.75) is 25.7 Å². The van der Waals surface area contributed by atoms with E-state index in [0.29, 0.717) is 31.1 Å². The average Bonchev–Trinajstić information content (AvgIpc) is 3.01. The average molecular weight is 341 g/mol. The van der Waals surface area contributed by atoms with E-state index in [4.69, 9.17) is 9.47 Å². The van der Waals surface area contributed by atoms with Crippen LogP contribution in [0.15, 0.2) is 54.6 Å². The number of hydrogen-bond acceptors (Lipinski definition) is 4. The summed E-state index contributed by atoms with van der Waals surface area (Å²) in [4.78, 5) is 14.5. The smallest absolute Gasteiger partial charge is 0.257 e. The van der Waals surface area contributed by atoms with Crippen LogP contribution < -0.4 is 4.74 Å². The standard InChI is InChI=1S/C20H23NO4/c1-2-24-19-13-21(12-17(19)22)20(23)16-10-6-7-11-18(16)25-14-15-8-4-3-5-9-15/h3-11,17,19,22H,2,12-14H2,1H3/t17-,19-/m1/s1. The molecule has 0 spiro atoms. The Morgan fingerprint density at radius 2 is 1.84 bits per heavy atom. The number of hydrogen-bond donors (Lipinski definition) is 1. The summed E-state index contributed by atoms with van der Waals surface area (Å²) in [5.41, 5.74) is 1.54. The fourth-order valence-corrected chi connectivity index (χ4v) is 2.98. The first-order valence-corrected chi connectivity index (χ1v) is 8.53. The van der Waals surface area contributed by atoms with Gasteiger partial charge in [0.15, 0.2) is 0 Å². The number of benzene rings is 2. The van der Waals surface area contributed by atoms with Gasteiger partial charge in [0.25, 0.3) is 5.91 Å². The molecule has 5 nitrogen and oxygen atoms in total. The maximum absolute atomic E-state index is 12.9. The van der Waals surface area contributed by atoms with Crippen LogP contribution in [0, 0.1) is 0 Å². The predicted molar refractivity (Wildman–Crippen MR) is 94.5 cm³/mol. The van der Waals surface area contributed by atoms with E-state index in [1.807, 2.05) is 49.4 Å². The SMILES string of the molecule is CCO[C@@H]1CN(C(=O)c2ccccc2OCc2ccccc2)C[C@H]1O. The minimum atomic E-state index is -0.652. The summed E-state index contributed by atoms with van der Waals surface area (Å²) in [7, 11) is 0. The molecule has 1 saturated heterocycles. The third-order valence-corrected chi connectivity index (χ3v) is 4.26. The maximum atomic E-state index is 12.9. The molecule has 2 aromatic carbocycles. The number of aliphatic hydroxyl groups is 1. The summed E-state index contributed by atoms with van der Waals surface area (Å²) in [6.45, 7) is 3.46. The molecule has 2 aromatic rings. The van der Waals surface area contributed by atoms with Crippen molar-refractivity contribution < 1.29 is 19.4 Å². The number of aliphatic hydroxyl groups excluding tert-OH is 1. The van der Waals surface area contributed by atoms with Crippen LogP contribution in [-0.2, 0) is 11.3 Å². The van der Waals surface area contributed by atoms with Gasteiger partial charge in [-0.2, -0.15) is 0 Å². The van der Waals surface area contributed by atoms with Crippen molar-refractivity contribution >= 4 is 5.91 Å². The maximum Gasteiger partial charge on any atom is 0.257 e. The molecule has 0 aromatic heterocycles. The highest BCUT2D eigenvalue weighted by Gasteiger charge is 2.35. The molecule has 1 fully saturated rings. The summed E-state index contributed by atoms with van der Waals surface area (Å²) in [5, 5.41) is 10.1. The first kappa shape index (κ1) is 17.5. The Kier molecular flexibility index (Phi) is 5.68.